The van der Waals surface area contributed by atoms with E-state index in [0.29, 0.717) is 24.8 Å². The zero-order chi connectivity index (χ0) is 41.5. The quantitative estimate of drug-likeness (QED) is 0.0999. The summed E-state index contributed by atoms with van der Waals surface area (Å²) in [6.07, 6.45) is 6.60. The third kappa shape index (κ3) is 8.00. The lowest BCUT2D eigenvalue weighted by Gasteiger charge is -2.30. The van der Waals surface area contributed by atoms with Crippen molar-refractivity contribution < 1.29 is 28.7 Å². The maximum absolute atomic E-state index is 14.0. The van der Waals surface area contributed by atoms with Crippen molar-refractivity contribution in [3.63, 3.8) is 0 Å². The lowest BCUT2D eigenvalue weighted by molar-refractivity contribution is -0.136. The topological polar surface area (TPSA) is 175 Å². The Bertz CT molecular complexity index is 2450. The summed E-state index contributed by atoms with van der Waals surface area (Å²) in [5.41, 5.74) is 6.86. The molecule has 308 valence electrons. The first-order valence-electron chi connectivity index (χ1n) is 20.5. The van der Waals surface area contributed by atoms with Gasteiger partial charge in [-0.15, -0.1) is 0 Å². The standard InChI is InChI=1S/C45H52N8O6/c1-24(2)38(50-44(56)58-5)42(54)52-17-7-8-36(52)40-46-22-35(49-40)31-14-13-27-18-28(11-12-29(27)19-31)30-15-16-33-34(20-30)48-41(47-33)37-21-32(26-9-10-26)23-53(37)43(55)39(25(3)4)51-45(57)59-6/h11-16,18-22,24-26,36-39H,7-10,17,23H2,1-6H3,(H,46,49)(H,47,48)(H,50,56)(H,51,57)/t36-,37?,38-,39-/m0/s1. The van der Waals surface area contributed by atoms with Gasteiger partial charge < -0.3 is 39.9 Å². The average molecular weight is 801 g/mol. The van der Waals surface area contributed by atoms with Gasteiger partial charge in [0.05, 0.1) is 43.2 Å². The van der Waals surface area contributed by atoms with E-state index in [2.05, 4.69) is 75.2 Å². The van der Waals surface area contributed by atoms with Gasteiger partial charge in [0, 0.05) is 18.7 Å². The highest BCUT2D eigenvalue weighted by atomic mass is 16.5. The van der Waals surface area contributed by atoms with Crippen LogP contribution in [-0.2, 0) is 19.1 Å². The van der Waals surface area contributed by atoms with Crippen molar-refractivity contribution >= 4 is 45.8 Å². The van der Waals surface area contributed by atoms with Crippen LogP contribution >= 0.6 is 0 Å². The van der Waals surface area contributed by atoms with E-state index in [4.69, 9.17) is 19.4 Å². The van der Waals surface area contributed by atoms with E-state index in [1.54, 1.807) is 0 Å². The molecule has 8 rings (SSSR count). The first kappa shape index (κ1) is 39.6. The molecule has 2 aliphatic heterocycles. The van der Waals surface area contributed by atoms with E-state index in [0.717, 1.165) is 75.7 Å². The molecule has 5 aromatic rings. The first-order valence-corrected chi connectivity index (χ1v) is 20.5. The number of carbonyl (C=O) groups is 4. The summed E-state index contributed by atoms with van der Waals surface area (Å²) in [6, 6.07) is 16.9. The van der Waals surface area contributed by atoms with E-state index < -0.39 is 24.3 Å². The second kappa shape index (κ2) is 16.2. The van der Waals surface area contributed by atoms with E-state index in [1.807, 2.05) is 49.8 Å². The summed E-state index contributed by atoms with van der Waals surface area (Å²) in [7, 11) is 2.59. The van der Waals surface area contributed by atoms with Crippen molar-refractivity contribution in [3.05, 3.63) is 84.1 Å². The molecule has 0 bridgehead atoms. The maximum atomic E-state index is 14.0. The van der Waals surface area contributed by atoms with Crippen LogP contribution in [0.4, 0.5) is 9.59 Å². The number of hydrogen-bond donors (Lipinski definition) is 4. The number of H-pyrrole nitrogens is 2. The first-order chi connectivity index (χ1) is 28.4. The minimum atomic E-state index is -0.726. The Balaban J connectivity index is 1.00. The lowest BCUT2D eigenvalue weighted by Crippen LogP contribution is -2.51. The third-order valence-corrected chi connectivity index (χ3v) is 11.9. The molecule has 0 radical (unpaired) electrons. The number of nitrogens with one attached hydrogen (secondary N) is 4. The number of methoxy groups -OCH3 is 2. The monoisotopic (exact) mass is 800 g/mol. The fourth-order valence-corrected chi connectivity index (χ4v) is 8.47. The van der Waals surface area contributed by atoms with Crippen LogP contribution in [0.2, 0.25) is 0 Å². The number of fused-ring (bicyclic) bond motifs is 2. The van der Waals surface area contributed by atoms with E-state index in [-0.39, 0.29) is 35.7 Å². The number of ether oxygens (including phenoxy) is 2. The smallest absolute Gasteiger partial charge is 0.407 e. The van der Waals surface area contributed by atoms with Gasteiger partial charge in [0.15, 0.2) is 0 Å². The Labute approximate surface area is 343 Å². The van der Waals surface area contributed by atoms with Crippen LogP contribution in [0.5, 0.6) is 0 Å². The van der Waals surface area contributed by atoms with E-state index in [9.17, 15) is 19.2 Å². The molecule has 1 saturated heterocycles. The predicted molar refractivity (Wildman–Crippen MR) is 224 cm³/mol. The van der Waals surface area contributed by atoms with Crippen molar-refractivity contribution in [2.24, 2.45) is 17.8 Å². The molecule has 1 saturated carbocycles. The van der Waals surface area contributed by atoms with Crippen LogP contribution in [-0.4, -0.2) is 93.1 Å². The van der Waals surface area contributed by atoms with Crippen molar-refractivity contribution in [1.29, 1.82) is 0 Å². The molecule has 1 aliphatic carbocycles. The summed E-state index contributed by atoms with van der Waals surface area (Å²) in [6.45, 7) is 8.74. The molecule has 4 atom stereocenters. The van der Waals surface area contributed by atoms with Gasteiger partial charge in [-0.2, -0.15) is 0 Å². The van der Waals surface area contributed by atoms with Gasteiger partial charge in [0.25, 0.3) is 0 Å². The molecule has 3 aromatic carbocycles. The summed E-state index contributed by atoms with van der Waals surface area (Å²) in [5, 5.41) is 7.60. The molecule has 59 heavy (non-hydrogen) atoms. The van der Waals surface area contributed by atoms with Crippen molar-refractivity contribution in [1.82, 2.24) is 40.4 Å². The molecular weight excluding hydrogens is 749 g/mol. The van der Waals surface area contributed by atoms with Gasteiger partial charge in [0.2, 0.25) is 11.8 Å². The molecule has 4 heterocycles. The molecule has 3 aliphatic rings. The van der Waals surface area contributed by atoms with Gasteiger partial charge in [-0.05, 0) is 95.2 Å². The highest BCUT2D eigenvalue weighted by molar-refractivity contribution is 5.92. The number of carbonyl (C=O) groups excluding carboxylic acids is 4. The number of alkyl carbamates (subject to hydrolysis) is 2. The molecule has 1 unspecified atom stereocenters. The number of nitrogens with zero attached hydrogens (tertiary/aromatic N) is 4. The third-order valence-electron chi connectivity index (χ3n) is 11.9. The van der Waals surface area contributed by atoms with Gasteiger partial charge >= 0.3 is 12.2 Å². The maximum Gasteiger partial charge on any atom is 0.407 e. The fraction of sp³-hybridized carbons (Fsp3) is 0.422. The fourth-order valence-electron chi connectivity index (χ4n) is 8.47. The van der Waals surface area contributed by atoms with Crippen molar-refractivity contribution in [2.75, 3.05) is 27.3 Å². The van der Waals surface area contributed by atoms with Gasteiger partial charge in [-0.25, -0.2) is 19.6 Å². The van der Waals surface area contributed by atoms with Crippen molar-refractivity contribution in [2.45, 2.75) is 77.5 Å². The average Bonchev–Trinajstić information content (AvgIpc) is 3.63. The largest absolute Gasteiger partial charge is 0.453 e. The van der Waals surface area contributed by atoms with E-state index >= 15 is 0 Å². The zero-order valence-corrected chi connectivity index (χ0v) is 34.4. The Kier molecular flexibility index (Phi) is 10.9. The number of rotatable bonds is 11. The van der Waals surface area contributed by atoms with Crippen molar-refractivity contribution in [3.8, 4) is 22.4 Å². The Morgan fingerprint density at radius 3 is 2.00 bits per heavy atom. The molecule has 2 aromatic heterocycles. The Morgan fingerprint density at radius 2 is 1.36 bits per heavy atom. The number of hydrogen-bond acceptors (Lipinski definition) is 8. The molecule has 4 N–H and O–H groups in total. The van der Waals surface area contributed by atoms with E-state index in [1.165, 1.54) is 19.8 Å². The Morgan fingerprint density at radius 1 is 0.746 bits per heavy atom. The highest BCUT2D eigenvalue weighted by Crippen LogP contribution is 2.43. The summed E-state index contributed by atoms with van der Waals surface area (Å²) < 4.78 is 9.60. The minimum absolute atomic E-state index is 0.110. The minimum Gasteiger partial charge on any atom is -0.453 e. The normalized spacial score (nSPS) is 19.0. The lowest BCUT2D eigenvalue weighted by atomic mass is 9.99. The molecule has 2 fully saturated rings. The van der Waals surface area contributed by atoms with Crippen LogP contribution < -0.4 is 10.6 Å². The van der Waals surface area contributed by atoms with Crippen LogP contribution in [0.3, 0.4) is 0 Å². The number of aromatic amines is 2. The highest BCUT2D eigenvalue weighted by Gasteiger charge is 2.41. The summed E-state index contributed by atoms with van der Waals surface area (Å²) in [4.78, 5) is 72.1. The number of likely N-dealkylation sites (tertiary alicyclic amines) is 1. The molecule has 14 heteroatoms. The summed E-state index contributed by atoms with van der Waals surface area (Å²) >= 11 is 0. The van der Waals surface area contributed by atoms with Gasteiger partial charge in [-0.3, -0.25) is 9.59 Å². The van der Waals surface area contributed by atoms with Gasteiger partial charge in [0.1, 0.15) is 29.8 Å². The molecule has 14 nitrogen and oxygen atoms in total. The van der Waals surface area contributed by atoms with Gasteiger partial charge in [-0.1, -0.05) is 64.1 Å². The molecule has 4 amide bonds. The van der Waals surface area contributed by atoms with Crippen LogP contribution in [0.25, 0.3) is 44.2 Å². The SMILES string of the molecule is COC(=O)N[C@H](C(=O)N1CC(C2CC2)=CC1c1nc2ccc(-c3ccc4cc(-c5cnc([C@@H]6CCCN6C(=O)[C@@H](NC(=O)OC)C(C)C)[nH]5)ccc4c3)cc2[nH]1)C(C)C. The van der Waals surface area contributed by atoms with Crippen LogP contribution in [0.15, 0.2) is 72.4 Å². The number of aromatic nitrogens is 4. The summed E-state index contributed by atoms with van der Waals surface area (Å²) in [5.74, 6) is 1.36. The second-order valence-corrected chi connectivity index (χ2v) is 16.6. The molecular formula is C45H52N8O6. The predicted octanol–water partition coefficient (Wildman–Crippen LogP) is 7.42. The number of amides is 4. The van der Waals surface area contributed by atoms with Crippen LogP contribution in [0.1, 0.15) is 77.1 Å². The number of benzene rings is 3. The second-order valence-electron chi connectivity index (χ2n) is 16.6. The zero-order valence-electron chi connectivity index (χ0n) is 34.4. The number of imidazole rings is 2. The van der Waals surface area contributed by atoms with Crippen LogP contribution in [0, 0.1) is 17.8 Å². The Hall–Kier alpha value is -6.18. The molecule has 0 spiro atoms.